The van der Waals surface area contributed by atoms with E-state index in [4.69, 9.17) is 10.5 Å². The molecular weight excluding hydrogens is 280 g/mol. The summed E-state index contributed by atoms with van der Waals surface area (Å²) >= 11 is 0. The Kier molecular flexibility index (Phi) is 6.40. The van der Waals surface area contributed by atoms with Gasteiger partial charge in [0.2, 0.25) is 5.91 Å². The summed E-state index contributed by atoms with van der Waals surface area (Å²) in [5.41, 5.74) is 5.96. The van der Waals surface area contributed by atoms with Crippen molar-refractivity contribution >= 4 is 11.8 Å². The first-order valence-corrected chi connectivity index (χ1v) is 7.93. The number of benzene rings is 1. The first-order valence-electron chi connectivity index (χ1n) is 7.93. The van der Waals surface area contributed by atoms with Crippen molar-refractivity contribution in [2.45, 2.75) is 50.7 Å². The van der Waals surface area contributed by atoms with E-state index in [1.165, 1.54) is 0 Å². The minimum Gasteiger partial charge on any atom is -0.370 e. The molecule has 0 radical (unpaired) electrons. The molecule has 0 unspecified atom stereocenters. The van der Waals surface area contributed by atoms with Gasteiger partial charge >= 0.3 is 0 Å². The number of nitrogens with two attached hydrogens (primary N) is 1. The van der Waals surface area contributed by atoms with Crippen molar-refractivity contribution in [1.29, 1.82) is 0 Å². The van der Waals surface area contributed by atoms with E-state index >= 15 is 0 Å². The molecule has 1 aromatic carbocycles. The van der Waals surface area contributed by atoms with Crippen LogP contribution in [0.1, 0.15) is 50.2 Å². The van der Waals surface area contributed by atoms with Gasteiger partial charge in [-0.25, -0.2) is 0 Å². The molecule has 0 saturated heterocycles. The minimum absolute atomic E-state index is 0.150. The van der Waals surface area contributed by atoms with E-state index in [0.29, 0.717) is 13.0 Å². The van der Waals surface area contributed by atoms with Gasteiger partial charge in [0.05, 0.1) is 6.10 Å². The van der Waals surface area contributed by atoms with Crippen LogP contribution in [-0.2, 0) is 14.3 Å². The Hall–Kier alpha value is -1.88. The fraction of sp³-hybridized carbons (Fsp3) is 0.529. The van der Waals surface area contributed by atoms with Gasteiger partial charge in [-0.2, -0.15) is 0 Å². The molecule has 120 valence electrons. The van der Waals surface area contributed by atoms with Gasteiger partial charge < -0.3 is 15.8 Å². The molecule has 1 aliphatic carbocycles. The van der Waals surface area contributed by atoms with E-state index in [-0.39, 0.29) is 24.3 Å². The third-order valence-electron chi connectivity index (χ3n) is 3.87. The molecule has 0 aromatic heterocycles. The molecule has 1 atom stereocenters. The highest BCUT2D eigenvalue weighted by Crippen LogP contribution is 2.28. The molecule has 0 bridgehead atoms. The van der Waals surface area contributed by atoms with E-state index in [1.54, 1.807) is 0 Å². The third-order valence-corrected chi connectivity index (χ3v) is 3.87. The van der Waals surface area contributed by atoms with Crippen LogP contribution in [0, 0.1) is 0 Å². The Morgan fingerprint density at radius 1 is 1.23 bits per heavy atom. The highest BCUT2D eigenvalue weighted by atomic mass is 16.5. The van der Waals surface area contributed by atoms with Crippen LogP contribution in [0.3, 0.4) is 0 Å². The second kappa shape index (κ2) is 8.54. The third kappa shape index (κ3) is 5.15. The molecule has 0 heterocycles. The molecule has 22 heavy (non-hydrogen) atoms. The van der Waals surface area contributed by atoms with Crippen molar-refractivity contribution in [3.63, 3.8) is 0 Å². The summed E-state index contributed by atoms with van der Waals surface area (Å²) in [5, 5.41) is 2.84. The van der Waals surface area contributed by atoms with Crippen LogP contribution in [0.5, 0.6) is 0 Å². The lowest BCUT2D eigenvalue weighted by Crippen LogP contribution is -2.33. The van der Waals surface area contributed by atoms with Crippen molar-refractivity contribution in [2.75, 3.05) is 6.54 Å². The Balaban J connectivity index is 1.94. The smallest absolute Gasteiger partial charge is 0.253 e. The van der Waals surface area contributed by atoms with E-state index < -0.39 is 6.10 Å². The summed E-state index contributed by atoms with van der Waals surface area (Å²) in [6.07, 6.45) is 4.74. The average Bonchev–Trinajstić information content (AvgIpc) is 3.03. The SMILES string of the molecule is NC(=O)CCCNC(=O)[C@H](OC1CCCC1)c1ccccc1. The zero-order valence-electron chi connectivity index (χ0n) is 12.8. The predicted molar refractivity (Wildman–Crippen MR) is 84.0 cm³/mol. The average molecular weight is 304 g/mol. The van der Waals surface area contributed by atoms with Crippen molar-refractivity contribution in [1.82, 2.24) is 5.32 Å². The fourth-order valence-electron chi connectivity index (χ4n) is 2.70. The summed E-state index contributed by atoms with van der Waals surface area (Å²) in [6.45, 7) is 0.430. The number of hydrogen-bond donors (Lipinski definition) is 2. The molecule has 3 N–H and O–H groups in total. The van der Waals surface area contributed by atoms with Gasteiger partial charge in [0, 0.05) is 13.0 Å². The van der Waals surface area contributed by atoms with Crippen molar-refractivity contribution in [3.05, 3.63) is 35.9 Å². The Morgan fingerprint density at radius 2 is 1.91 bits per heavy atom. The fourth-order valence-corrected chi connectivity index (χ4v) is 2.70. The number of rotatable bonds is 8. The second-order valence-electron chi connectivity index (χ2n) is 5.69. The van der Waals surface area contributed by atoms with Gasteiger partial charge in [-0.1, -0.05) is 43.2 Å². The van der Waals surface area contributed by atoms with Crippen LogP contribution >= 0.6 is 0 Å². The van der Waals surface area contributed by atoms with E-state index in [1.807, 2.05) is 30.3 Å². The highest BCUT2D eigenvalue weighted by Gasteiger charge is 2.26. The van der Waals surface area contributed by atoms with Crippen LogP contribution in [0.4, 0.5) is 0 Å². The zero-order valence-corrected chi connectivity index (χ0v) is 12.8. The molecule has 1 aliphatic rings. The number of carbonyl (C=O) groups is 2. The maximum absolute atomic E-state index is 12.4. The molecule has 2 rings (SSSR count). The Bertz CT molecular complexity index is 484. The normalized spacial score (nSPS) is 16.4. The van der Waals surface area contributed by atoms with Crippen molar-refractivity contribution < 1.29 is 14.3 Å². The lowest BCUT2D eigenvalue weighted by molar-refractivity contribution is -0.137. The predicted octanol–water partition coefficient (Wildman–Crippen LogP) is 2.07. The molecule has 1 aromatic rings. The largest absolute Gasteiger partial charge is 0.370 e. The summed E-state index contributed by atoms with van der Waals surface area (Å²) in [4.78, 5) is 23.1. The zero-order chi connectivity index (χ0) is 15.8. The first-order chi connectivity index (χ1) is 10.7. The van der Waals surface area contributed by atoms with Gasteiger partial charge in [0.15, 0.2) is 6.10 Å². The maximum Gasteiger partial charge on any atom is 0.253 e. The standard InChI is InChI=1S/C17H24N2O3/c18-15(20)11-6-12-19-17(21)16(13-7-2-1-3-8-13)22-14-9-4-5-10-14/h1-3,7-8,14,16H,4-6,9-12H2,(H2,18,20)(H,19,21)/t16-/m1/s1. The first kappa shape index (κ1) is 16.5. The number of nitrogens with one attached hydrogen (secondary N) is 1. The van der Waals surface area contributed by atoms with Crippen molar-refractivity contribution in [2.24, 2.45) is 5.73 Å². The van der Waals surface area contributed by atoms with E-state index in [9.17, 15) is 9.59 Å². The minimum atomic E-state index is -0.585. The number of hydrogen-bond acceptors (Lipinski definition) is 3. The molecule has 0 spiro atoms. The number of ether oxygens (including phenoxy) is 1. The molecule has 5 heteroatoms. The van der Waals surface area contributed by atoms with Crippen LogP contribution in [0.2, 0.25) is 0 Å². The Morgan fingerprint density at radius 3 is 2.55 bits per heavy atom. The number of primary amides is 1. The van der Waals surface area contributed by atoms with Gasteiger partial charge in [0.1, 0.15) is 0 Å². The van der Waals surface area contributed by atoms with Crippen LogP contribution in [0.15, 0.2) is 30.3 Å². The molecule has 1 saturated carbocycles. The van der Waals surface area contributed by atoms with Crippen LogP contribution < -0.4 is 11.1 Å². The van der Waals surface area contributed by atoms with Gasteiger partial charge in [-0.05, 0) is 24.8 Å². The van der Waals surface area contributed by atoms with Crippen LogP contribution in [0.25, 0.3) is 0 Å². The quantitative estimate of drug-likeness (QED) is 0.721. The summed E-state index contributed by atoms with van der Waals surface area (Å²) in [5.74, 6) is -0.501. The topological polar surface area (TPSA) is 81.4 Å². The van der Waals surface area contributed by atoms with E-state index in [0.717, 1.165) is 31.2 Å². The highest BCUT2D eigenvalue weighted by molar-refractivity contribution is 5.82. The molecule has 5 nitrogen and oxygen atoms in total. The molecule has 0 aliphatic heterocycles. The number of amides is 2. The summed E-state index contributed by atoms with van der Waals surface area (Å²) in [6, 6.07) is 9.54. The van der Waals surface area contributed by atoms with Crippen LogP contribution in [-0.4, -0.2) is 24.5 Å². The maximum atomic E-state index is 12.4. The lowest BCUT2D eigenvalue weighted by Gasteiger charge is -2.22. The van der Waals surface area contributed by atoms with E-state index in [2.05, 4.69) is 5.32 Å². The van der Waals surface area contributed by atoms with Gasteiger partial charge in [0.25, 0.3) is 5.91 Å². The Labute approximate surface area is 131 Å². The number of carbonyl (C=O) groups excluding carboxylic acids is 2. The van der Waals surface area contributed by atoms with Crippen molar-refractivity contribution in [3.8, 4) is 0 Å². The van der Waals surface area contributed by atoms with Gasteiger partial charge in [-0.3, -0.25) is 9.59 Å². The molecular formula is C17H24N2O3. The van der Waals surface area contributed by atoms with Gasteiger partial charge in [-0.15, -0.1) is 0 Å². The monoisotopic (exact) mass is 304 g/mol. The second-order valence-corrected chi connectivity index (χ2v) is 5.69. The lowest BCUT2D eigenvalue weighted by atomic mass is 10.1. The molecule has 2 amide bonds. The summed E-state index contributed by atoms with van der Waals surface area (Å²) < 4.78 is 6.03. The summed E-state index contributed by atoms with van der Waals surface area (Å²) in [7, 11) is 0. The molecule has 1 fully saturated rings.